The Morgan fingerprint density at radius 2 is 1.43 bits per heavy atom. The summed E-state index contributed by atoms with van der Waals surface area (Å²) in [6.45, 7) is 1.97. The molecule has 3 rings (SSSR count). The summed E-state index contributed by atoms with van der Waals surface area (Å²) in [5, 5.41) is 0. The highest BCUT2D eigenvalue weighted by Gasteiger charge is 2.02. The predicted molar refractivity (Wildman–Crippen MR) is 80.9 cm³/mol. The smallest absolute Gasteiger partial charge is 0.127 e. The van der Waals surface area contributed by atoms with Crippen LogP contribution < -0.4 is 4.74 Å². The third-order valence-corrected chi connectivity index (χ3v) is 3.09. The Bertz CT molecular complexity index is 736. The highest BCUT2D eigenvalue weighted by Crippen LogP contribution is 2.25. The van der Waals surface area contributed by atoms with Crippen LogP contribution >= 0.6 is 0 Å². The molecule has 0 aliphatic carbocycles. The van der Waals surface area contributed by atoms with Crippen molar-refractivity contribution in [2.24, 2.45) is 0 Å². The minimum absolute atomic E-state index is 0.275. The molecule has 2 nitrogen and oxygen atoms in total. The van der Waals surface area contributed by atoms with Crippen LogP contribution in [0.1, 0.15) is 5.69 Å². The van der Waals surface area contributed by atoms with Crippen LogP contribution in [-0.2, 0) is 0 Å². The van der Waals surface area contributed by atoms with Gasteiger partial charge in [0.25, 0.3) is 0 Å². The normalized spacial score (nSPS) is 10.4. The zero-order valence-electron chi connectivity index (χ0n) is 11.6. The van der Waals surface area contributed by atoms with Crippen molar-refractivity contribution in [2.75, 3.05) is 0 Å². The first-order valence-electron chi connectivity index (χ1n) is 6.68. The summed E-state index contributed by atoms with van der Waals surface area (Å²) < 4.78 is 18.5. The van der Waals surface area contributed by atoms with E-state index in [4.69, 9.17) is 4.74 Å². The first kappa shape index (κ1) is 13.3. The molecule has 0 amide bonds. The number of pyridine rings is 1. The summed E-state index contributed by atoms with van der Waals surface area (Å²) in [6, 6.07) is 19.6. The summed E-state index contributed by atoms with van der Waals surface area (Å²) in [5.74, 6) is 1.04. The second-order valence-electron chi connectivity index (χ2n) is 4.74. The number of aromatic nitrogens is 1. The topological polar surface area (TPSA) is 22.1 Å². The lowest BCUT2D eigenvalue weighted by Crippen LogP contribution is -1.87. The highest BCUT2D eigenvalue weighted by molar-refractivity contribution is 5.60. The molecule has 0 spiro atoms. The number of aryl methyl sites for hydroxylation is 1. The number of hydrogen-bond acceptors (Lipinski definition) is 2. The minimum Gasteiger partial charge on any atom is -0.457 e. The Morgan fingerprint density at radius 3 is 2.05 bits per heavy atom. The van der Waals surface area contributed by atoms with Crippen LogP contribution in [0, 0.1) is 12.7 Å². The summed E-state index contributed by atoms with van der Waals surface area (Å²) >= 11 is 0. The van der Waals surface area contributed by atoms with Gasteiger partial charge < -0.3 is 4.74 Å². The first-order valence-corrected chi connectivity index (χ1v) is 6.68. The molecule has 2 aromatic carbocycles. The summed E-state index contributed by atoms with van der Waals surface area (Å²) in [6.07, 6.45) is 0. The van der Waals surface area contributed by atoms with E-state index in [1.165, 1.54) is 12.1 Å². The number of hydrogen-bond donors (Lipinski definition) is 0. The van der Waals surface area contributed by atoms with Gasteiger partial charge in [0.2, 0.25) is 0 Å². The fourth-order valence-corrected chi connectivity index (χ4v) is 2.04. The van der Waals surface area contributed by atoms with Gasteiger partial charge in [0, 0.05) is 11.3 Å². The monoisotopic (exact) mass is 279 g/mol. The van der Waals surface area contributed by atoms with E-state index in [-0.39, 0.29) is 5.82 Å². The van der Waals surface area contributed by atoms with Gasteiger partial charge in [-0.25, -0.2) is 4.39 Å². The fraction of sp³-hybridized carbons (Fsp3) is 0.0556. The number of halogens is 1. The van der Waals surface area contributed by atoms with Crippen molar-refractivity contribution < 1.29 is 9.13 Å². The van der Waals surface area contributed by atoms with E-state index in [1.54, 1.807) is 12.1 Å². The third kappa shape index (κ3) is 3.26. The second kappa shape index (κ2) is 5.75. The van der Waals surface area contributed by atoms with Crippen molar-refractivity contribution >= 4 is 0 Å². The maximum Gasteiger partial charge on any atom is 0.127 e. The summed E-state index contributed by atoms with van der Waals surface area (Å²) in [4.78, 5) is 4.48. The Balaban J connectivity index is 1.79. The Morgan fingerprint density at radius 1 is 0.810 bits per heavy atom. The molecular weight excluding hydrogens is 265 g/mol. The zero-order valence-corrected chi connectivity index (χ0v) is 11.6. The van der Waals surface area contributed by atoms with Crippen molar-refractivity contribution in [1.82, 2.24) is 4.98 Å². The quantitative estimate of drug-likeness (QED) is 0.674. The standard InChI is InChI=1S/C18H14FNO/c1-13-3-2-4-18(20-13)14-5-9-16(10-6-14)21-17-11-7-15(19)8-12-17/h2-12H,1H3. The SMILES string of the molecule is Cc1cccc(-c2ccc(Oc3ccc(F)cc3)cc2)n1. The van der Waals surface area contributed by atoms with E-state index in [9.17, 15) is 4.39 Å². The van der Waals surface area contributed by atoms with Crippen molar-refractivity contribution in [3.05, 3.63) is 78.2 Å². The van der Waals surface area contributed by atoms with Crippen LogP contribution in [0.5, 0.6) is 11.5 Å². The van der Waals surface area contributed by atoms with E-state index < -0.39 is 0 Å². The maximum atomic E-state index is 12.8. The highest BCUT2D eigenvalue weighted by atomic mass is 19.1. The van der Waals surface area contributed by atoms with Crippen molar-refractivity contribution in [3.63, 3.8) is 0 Å². The largest absolute Gasteiger partial charge is 0.457 e. The zero-order chi connectivity index (χ0) is 14.7. The van der Waals surface area contributed by atoms with Gasteiger partial charge in [-0.1, -0.05) is 6.07 Å². The molecule has 0 aliphatic rings. The van der Waals surface area contributed by atoms with Gasteiger partial charge in [-0.05, 0) is 67.6 Å². The van der Waals surface area contributed by atoms with E-state index in [2.05, 4.69) is 4.98 Å². The molecule has 1 aromatic heterocycles. The maximum absolute atomic E-state index is 12.8. The van der Waals surface area contributed by atoms with Crippen molar-refractivity contribution in [1.29, 1.82) is 0 Å². The molecule has 0 saturated carbocycles. The average molecular weight is 279 g/mol. The van der Waals surface area contributed by atoms with Gasteiger partial charge in [0.05, 0.1) is 5.69 Å². The minimum atomic E-state index is -0.275. The molecule has 0 aliphatic heterocycles. The van der Waals surface area contributed by atoms with Crippen LogP contribution in [0.2, 0.25) is 0 Å². The Labute approximate surface area is 122 Å². The molecule has 0 saturated heterocycles. The average Bonchev–Trinajstić information content (AvgIpc) is 2.50. The van der Waals surface area contributed by atoms with Gasteiger partial charge in [-0.15, -0.1) is 0 Å². The molecule has 0 bridgehead atoms. The third-order valence-electron chi connectivity index (χ3n) is 3.09. The van der Waals surface area contributed by atoms with Crippen LogP contribution in [0.25, 0.3) is 11.3 Å². The molecule has 3 heteroatoms. The molecular formula is C18H14FNO. The molecule has 0 unspecified atom stereocenters. The van der Waals surface area contributed by atoms with E-state index in [0.29, 0.717) is 11.5 Å². The predicted octanol–water partition coefficient (Wildman–Crippen LogP) is 4.99. The molecule has 0 radical (unpaired) electrons. The van der Waals surface area contributed by atoms with Crippen LogP contribution in [0.4, 0.5) is 4.39 Å². The van der Waals surface area contributed by atoms with E-state index in [1.807, 2.05) is 49.4 Å². The van der Waals surface area contributed by atoms with Gasteiger partial charge in [0.1, 0.15) is 17.3 Å². The Hall–Kier alpha value is -2.68. The number of rotatable bonds is 3. The van der Waals surface area contributed by atoms with E-state index in [0.717, 1.165) is 17.0 Å². The fourth-order valence-electron chi connectivity index (χ4n) is 2.04. The first-order chi connectivity index (χ1) is 10.2. The van der Waals surface area contributed by atoms with Gasteiger partial charge in [-0.2, -0.15) is 0 Å². The van der Waals surface area contributed by atoms with E-state index >= 15 is 0 Å². The molecule has 104 valence electrons. The molecule has 1 heterocycles. The molecule has 3 aromatic rings. The molecule has 0 atom stereocenters. The van der Waals surface area contributed by atoms with Gasteiger partial charge in [-0.3, -0.25) is 4.98 Å². The lowest BCUT2D eigenvalue weighted by molar-refractivity contribution is 0.480. The molecule has 21 heavy (non-hydrogen) atoms. The lowest BCUT2D eigenvalue weighted by Gasteiger charge is -2.07. The molecule has 0 fully saturated rings. The summed E-state index contributed by atoms with van der Waals surface area (Å²) in [7, 11) is 0. The van der Waals surface area contributed by atoms with Crippen molar-refractivity contribution in [3.8, 4) is 22.8 Å². The number of ether oxygens (including phenoxy) is 1. The van der Waals surface area contributed by atoms with Gasteiger partial charge >= 0.3 is 0 Å². The molecule has 0 N–H and O–H groups in total. The van der Waals surface area contributed by atoms with Gasteiger partial charge in [0.15, 0.2) is 0 Å². The summed E-state index contributed by atoms with van der Waals surface area (Å²) in [5.41, 5.74) is 2.95. The second-order valence-corrected chi connectivity index (χ2v) is 4.74. The Kier molecular flexibility index (Phi) is 3.65. The van der Waals surface area contributed by atoms with Crippen LogP contribution in [0.3, 0.4) is 0 Å². The lowest BCUT2D eigenvalue weighted by atomic mass is 10.1. The van der Waals surface area contributed by atoms with Crippen LogP contribution in [0.15, 0.2) is 66.7 Å². The van der Waals surface area contributed by atoms with Crippen molar-refractivity contribution in [2.45, 2.75) is 6.92 Å². The van der Waals surface area contributed by atoms with Crippen LogP contribution in [-0.4, -0.2) is 4.98 Å². The number of nitrogens with zero attached hydrogens (tertiary/aromatic N) is 1. The number of benzene rings is 2.